The summed E-state index contributed by atoms with van der Waals surface area (Å²) in [6, 6.07) is 2.26. The van der Waals surface area contributed by atoms with Crippen molar-refractivity contribution in [1.29, 1.82) is 0 Å². The highest BCUT2D eigenvalue weighted by Gasteiger charge is 2.35. The zero-order valence-electron chi connectivity index (χ0n) is 27.3. The number of nitrogens with zero attached hydrogens (tertiary/aromatic N) is 8. The zero-order chi connectivity index (χ0) is 35.9. The number of benzene rings is 1. The zero-order valence-corrected chi connectivity index (χ0v) is 28.0. The Labute approximate surface area is 288 Å². The first-order valence-corrected chi connectivity index (χ1v) is 16.1. The van der Waals surface area contributed by atoms with E-state index in [-0.39, 0.29) is 64.9 Å². The standard InChI is InChI=1S/C32H33ClF3N9O5/c1-4-23-26(43-10-7-20(14-43)42(3)29(48)25-27(47)17(2)37-16-38-25)30(49)45-31(40-28(41-45)18-8-11-50-12-9-18)44(23)15-24(46)39-22-6-5-19(13-21(22)33)32(34,35)36/h5-6,8,13,16,20,47H,4,7,9-12,14-15H2,1-3H3,(H,39,46). The van der Waals surface area contributed by atoms with E-state index in [1.54, 1.807) is 18.5 Å². The van der Waals surface area contributed by atoms with E-state index in [1.807, 2.05) is 17.9 Å². The molecule has 0 saturated carbocycles. The summed E-state index contributed by atoms with van der Waals surface area (Å²) < 4.78 is 47.7. The molecule has 1 unspecified atom stereocenters. The van der Waals surface area contributed by atoms with Crippen molar-refractivity contribution in [2.45, 2.75) is 51.9 Å². The first-order valence-electron chi connectivity index (χ1n) is 15.8. The quantitative estimate of drug-likeness (QED) is 0.275. The smallest absolute Gasteiger partial charge is 0.416 e. The summed E-state index contributed by atoms with van der Waals surface area (Å²) >= 11 is 6.11. The number of hydrogen-bond acceptors (Lipinski definition) is 10. The van der Waals surface area contributed by atoms with Gasteiger partial charge in [-0.25, -0.2) is 9.97 Å². The molecule has 0 aliphatic carbocycles. The Balaban J connectivity index is 1.36. The molecule has 264 valence electrons. The van der Waals surface area contributed by atoms with Gasteiger partial charge in [0.15, 0.2) is 17.3 Å². The van der Waals surface area contributed by atoms with Crippen LogP contribution in [0, 0.1) is 6.92 Å². The summed E-state index contributed by atoms with van der Waals surface area (Å²) in [7, 11) is 1.59. The Morgan fingerprint density at radius 1 is 1.24 bits per heavy atom. The van der Waals surface area contributed by atoms with Crippen molar-refractivity contribution in [3.05, 3.63) is 74.4 Å². The van der Waals surface area contributed by atoms with E-state index < -0.39 is 29.1 Å². The molecule has 3 aromatic heterocycles. The third-order valence-electron chi connectivity index (χ3n) is 8.84. The lowest BCUT2D eigenvalue weighted by atomic mass is 10.1. The Bertz CT molecular complexity index is 2080. The normalized spacial score (nSPS) is 16.5. The van der Waals surface area contributed by atoms with Gasteiger partial charge in [0.1, 0.15) is 18.6 Å². The van der Waals surface area contributed by atoms with Crippen LogP contribution in [0.5, 0.6) is 5.75 Å². The average molecular weight is 716 g/mol. The molecule has 1 saturated heterocycles. The molecule has 0 radical (unpaired) electrons. The minimum atomic E-state index is -4.61. The molecule has 4 aromatic rings. The molecular weight excluding hydrogens is 683 g/mol. The molecule has 1 atom stereocenters. The van der Waals surface area contributed by atoms with Crippen molar-refractivity contribution >= 4 is 46.1 Å². The highest BCUT2D eigenvalue weighted by molar-refractivity contribution is 6.33. The van der Waals surface area contributed by atoms with Gasteiger partial charge in [-0.05, 0) is 50.0 Å². The molecule has 1 aromatic carbocycles. The van der Waals surface area contributed by atoms with Gasteiger partial charge in [-0.3, -0.25) is 14.4 Å². The largest absolute Gasteiger partial charge is 0.504 e. The Hall–Kier alpha value is -5.03. The number of aromatic hydroxyl groups is 1. The van der Waals surface area contributed by atoms with Crippen LogP contribution in [-0.4, -0.2) is 90.3 Å². The number of carbonyl (C=O) groups excluding carboxylic acids is 2. The molecule has 5 heterocycles. The monoisotopic (exact) mass is 715 g/mol. The minimum absolute atomic E-state index is 0.0190. The summed E-state index contributed by atoms with van der Waals surface area (Å²) in [5, 5.41) is 17.2. The maximum atomic E-state index is 14.2. The summed E-state index contributed by atoms with van der Waals surface area (Å²) in [6.45, 7) is 4.43. The number of aryl methyl sites for hydroxylation is 1. The van der Waals surface area contributed by atoms with Crippen LogP contribution in [0.15, 0.2) is 35.4 Å². The number of ether oxygens (including phenoxy) is 1. The van der Waals surface area contributed by atoms with Gasteiger partial charge in [0.2, 0.25) is 11.7 Å². The Kier molecular flexibility index (Phi) is 9.54. The van der Waals surface area contributed by atoms with Gasteiger partial charge in [0.05, 0.1) is 46.9 Å². The number of halogens is 4. The lowest BCUT2D eigenvalue weighted by Gasteiger charge is -2.27. The second-order valence-corrected chi connectivity index (χ2v) is 12.4. The van der Waals surface area contributed by atoms with Crippen LogP contribution in [0.1, 0.15) is 53.0 Å². The molecule has 18 heteroatoms. The van der Waals surface area contributed by atoms with E-state index in [0.29, 0.717) is 44.1 Å². The molecule has 50 heavy (non-hydrogen) atoms. The van der Waals surface area contributed by atoms with Gasteiger partial charge in [-0.15, -0.1) is 5.10 Å². The van der Waals surface area contributed by atoms with Crippen molar-refractivity contribution in [1.82, 2.24) is 34.0 Å². The molecular formula is C32H33ClF3N9O5. The number of alkyl halides is 3. The SMILES string of the molecule is CCc1c(N2CCC(N(C)C(=O)c3ncnc(C)c3O)C2)c(=O)n2nc(C3=CCOCC3)nc2n1CC(=O)Nc1ccc(C(F)(F)F)cc1Cl. The Morgan fingerprint density at radius 2 is 2.02 bits per heavy atom. The molecule has 0 spiro atoms. The van der Waals surface area contributed by atoms with E-state index in [2.05, 4.69) is 25.4 Å². The molecule has 2 aliphatic rings. The molecule has 14 nitrogen and oxygen atoms in total. The number of fused-ring (bicyclic) bond motifs is 1. The average Bonchev–Trinajstić information content (AvgIpc) is 3.76. The first-order chi connectivity index (χ1) is 23.8. The maximum absolute atomic E-state index is 14.2. The number of hydrogen-bond donors (Lipinski definition) is 2. The number of anilines is 2. The van der Waals surface area contributed by atoms with E-state index in [4.69, 9.17) is 16.3 Å². The fourth-order valence-electron chi connectivity index (χ4n) is 6.14. The molecule has 2 aliphatic heterocycles. The number of rotatable bonds is 8. The summed E-state index contributed by atoms with van der Waals surface area (Å²) in [5.74, 6) is -1.04. The highest BCUT2D eigenvalue weighted by atomic mass is 35.5. The molecule has 2 amide bonds. The van der Waals surface area contributed by atoms with Crippen molar-refractivity contribution in [3.8, 4) is 5.75 Å². The van der Waals surface area contributed by atoms with Crippen molar-refractivity contribution in [3.63, 3.8) is 0 Å². The predicted molar refractivity (Wildman–Crippen MR) is 176 cm³/mol. The van der Waals surface area contributed by atoms with E-state index in [9.17, 15) is 32.7 Å². The fraction of sp³-hybridized carbons (Fsp3) is 0.406. The molecule has 6 rings (SSSR count). The van der Waals surface area contributed by atoms with Crippen LogP contribution in [-0.2, 0) is 28.7 Å². The van der Waals surface area contributed by atoms with Crippen molar-refractivity contribution < 1.29 is 32.6 Å². The van der Waals surface area contributed by atoms with E-state index in [1.165, 1.54) is 11.2 Å². The lowest BCUT2D eigenvalue weighted by Crippen LogP contribution is -2.41. The van der Waals surface area contributed by atoms with Crippen LogP contribution in [0.3, 0.4) is 0 Å². The Morgan fingerprint density at radius 3 is 2.70 bits per heavy atom. The topological polar surface area (TPSA) is 160 Å². The van der Waals surface area contributed by atoms with Gasteiger partial charge >= 0.3 is 6.18 Å². The summed E-state index contributed by atoms with van der Waals surface area (Å²) in [4.78, 5) is 56.9. The number of aromatic nitrogens is 6. The van der Waals surface area contributed by atoms with E-state index in [0.717, 1.165) is 28.3 Å². The van der Waals surface area contributed by atoms with Gasteiger partial charge in [0, 0.05) is 20.1 Å². The first kappa shape index (κ1) is 34.8. The number of carbonyl (C=O) groups is 2. The summed E-state index contributed by atoms with van der Waals surface area (Å²) in [5.41, 5.74) is 0.193. The number of nitrogens with one attached hydrogen (secondary N) is 1. The van der Waals surface area contributed by atoms with Gasteiger partial charge in [0.25, 0.3) is 11.5 Å². The van der Waals surface area contributed by atoms with Crippen LogP contribution < -0.4 is 15.8 Å². The molecule has 2 N–H and O–H groups in total. The minimum Gasteiger partial charge on any atom is -0.504 e. The van der Waals surface area contributed by atoms with Crippen molar-refractivity contribution in [2.24, 2.45) is 0 Å². The molecule has 0 bridgehead atoms. The highest BCUT2D eigenvalue weighted by Crippen LogP contribution is 2.34. The number of likely N-dealkylation sites (N-methyl/N-ethyl adjacent to an activating group) is 1. The van der Waals surface area contributed by atoms with Gasteiger partial charge in [-0.2, -0.15) is 22.7 Å². The van der Waals surface area contributed by atoms with Crippen LogP contribution in [0.4, 0.5) is 24.5 Å². The summed E-state index contributed by atoms with van der Waals surface area (Å²) in [6.07, 6.45) is -0.302. The third kappa shape index (κ3) is 6.61. The predicted octanol–water partition coefficient (Wildman–Crippen LogP) is 3.72. The third-order valence-corrected chi connectivity index (χ3v) is 9.15. The fourth-order valence-corrected chi connectivity index (χ4v) is 6.37. The van der Waals surface area contributed by atoms with Crippen LogP contribution >= 0.6 is 11.6 Å². The number of amides is 2. The second kappa shape index (κ2) is 13.7. The van der Waals surface area contributed by atoms with Gasteiger partial charge in [-0.1, -0.05) is 24.6 Å². The maximum Gasteiger partial charge on any atom is 0.416 e. The lowest BCUT2D eigenvalue weighted by molar-refractivity contribution is -0.137. The van der Waals surface area contributed by atoms with Crippen LogP contribution in [0.2, 0.25) is 5.02 Å². The van der Waals surface area contributed by atoms with Crippen molar-refractivity contribution in [2.75, 3.05) is 43.6 Å². The van der Waals surface area contributed by atoms with E-state index >= 15 is 0 Å². The van der Waals surface area contributed by atoms with Gasteiger partial charge < -0.3 is 29.5 Å². The van der Waals surface area contributed by atoms with Crippen LogP contribution in [0.25, 0.3) is 11.4 Å². The second-order valence-electron chi connectivity index (χ2n) is 11.9. The molecule has 1 fully saturated rings.